The zero-order valence-corrected chi connectivity index (χ0v) is 10.9. The van der Waals surface area contributed by atoms with E-state index in [-0.39, 0.29) is 5.56 Å². The van der Waals surface area contributed by atoms with Crippen molar-refractivity contribution >= 4 is 27.5 Å². The highest BCUT2D eigenvalue weighted by Gasteiger charge is 2.05. The zero-order valence-electron chi connectivity index (χ0n) is 10.0. The molecule has 0 N–H and O–H groups in total. The van der Waals surface area contributed by atoms with Gasteiger partial charge in [-0.15, -0.1) is 11.3 Å². The van der Waals surface area contributed by atoms with Gasteiger partial charge in [0, 0.05) is 12.1 Å². The van der Waals surface area contributed by atoms with Crippen molar-refractivity contribution in [1.29, 1.82) is 0 Å². The van der Waals surface area contributed by atoms with E-state index in [9.17, 15) is 9.59 Å². The summed E-state index contributed by atoms with van der Waals surface area (Å²) < 4.78 is 6.04. The Balaban J connectivity index is 2.30. The van der Waals surface area contributed by atoms with Gasteiger partial charge in [0.2, 0.25) is 0 Å². The number of aromatic nitrogens is 2. The van der Waals surface area contributed by atoms with Crippen LogP contribution in [0.4, 0.5) is 0 Å². The van der Waals surface area contributed by atoms with Gasteiger partial charge in [0.25, 0.3) is 5.56 Å². The van der Waals surface area contributed by atoms with Crippen LogP contribution in [0.2, 0.25) is 0 Å². The van der Waals surface area contributed by atoms with Gasteiger partial charge >= 0.3 is 5.97 Å². The second-order valence-electron chi connectivity index (χ2n) is 3.72. The molecule has 0 aliphatic heterocycles. The summed E-state index contributed by atoms with van der Waals surface area (Å²) in [5.74, 6) is -0.396. The number of hydrogen-bond donors (Lipinski definition) is 0. The van der Waals surface area contributed by atoms with Crippen LogP contribution >= 0.6 is 11.3 Å². The molecule has 0 atom stereocenters. The molecule has 0 aromatic carbocycles. The molecular weight excluding hydrogens is 252 g/mol. The molecule has 2 aromatic heterocycles. The maximum atomic E-state index is 12.0. The molecule has 5 nitrogen and oxygen atoms in total. The molecule has 2 heterocycles. The lowest BCUT2D eigenvalue weighted by Crippen LogP contribution is -2.19. The Hall–Kier alpha value is -1.95. The van der Waals surface area contributed by atoms with Gasteiger partial charge in [-0.3, -0.25) is 9.36 Å². The van der Waals surface area contributed by atoms with Crippen LogP contribution in [-0.2, 0) is 16.1 Å². The van der Waals surface area contributed by atoms with Crippen LogP contribution in [0.3, 0.4) is 0 Å². The number of rotatable bonds is 3. The fourth-order valence-corrected chi connectivity index (χ4v) is 2.23. The maximum absolute atomic E-state index is 12.0. The quantitative estimate of drug-likeness (QED) is 0.623. The summed E-state index contributed by atoms with van der Waals surface area (Å²) in [7, 11) is 1.32. The number of allylic oxidation sites excluding steroid dienone is 1. The van der Waals surface area contributed by atoms with Crippen molar-refractivity contribution in [2.45, 2.75) is 13.5 Å². The van der Waals surface area contributed by atoms with Crippen molar-refractivity contribution in [1.82, 2.24) is 9.55 Å². The van der Waals surface area contributed by atoms with E-state index in [4.69, 9.17) is 0 Å². The normalized spacial score (nSPS) is 11.8. The van der Waals surface area contributed by atoms with E-state index in [1.54, 1.807) is 19.1 Å². The van der Waals surface area contributed by atoms with Crippen LogP contribution < -0.4 is 5.56 Å². The Labute approximate surface area is 107 Å². The maximum Gasteiger partial charge on any atom is 0.333 e. The van der Waals surface area contributed by atoms with E-state index in [0.717, 1.165) is 4.83 Å². The number of nitrogens with zero attached hydrogens (tertiary/aromatic N) is 2. The average molecular weight is 264 g/mol. The molecule has 0 amide bonds. The number of carbonyl (C=O) groups excluding carboxylic acids is 1. The first kappa shape index (κ1) is 12.5. The number of thiophene rings is 1. The molecule has 0 saturated carbocycles. The molecule has 0 spiro atoms. The summed E-state index contributed by atoms with van der Waals surface area (Å²) in [5.41, 5.74) is 0.366. The summed E-state index contributed by atoms with van der Waals surface area (Å²) in [4.78, 5) is 28.1. The Morgan fingerprint density at radius 1 is 1.61 bits per heavy atom. The van der Waals surface area contributed by atoms with Crippen molar-refractivity contribution in [2.75, 3.05) is 7.11 Å². The Morgan fingerprint density at radius 2 is 2.39 bits per heavy atom. The second-order valence-corrected chi connectivity index (χ2v) is 4.61. The molecular formula is C12H12N2O3S. The Bertz CT molecular complexity index is 669. The minimum atomic E-state index is -0.396. The van der Waals surface area contributed by atoms with Gasteiger partial charge in [-0.25, -0.2) is 9.78 Å². The van der Waals surface area contributed by atoms with Gasteiger partial charge in [0.1, 0.15) is 4.83 Å². The Kier molecular flexibility index (Phi) is 3.57. The van der Waals surface area contributed by atoms with Gasteiger partial charge in [0.15, 0.2) is 0 Å². The molecule has 0 radical (unpaired) electrons. The van der Waals surface area contributed by atoms with Crippen LogP contribution in [-0.4, -0.2) is 22.6 Å². The van der Waals surface area contributed by atoms with Gasteiger partial charge in [-0.1, -0.05) is 6.08 Å². The molecule has 94 valence electrons. The van der Waals surface area contributed by atoms with Crippen LogP contribution in [0.5, 0.6) is 0 Å². The lowest BCUT2D eigenvalue weighted by atomic mass is 10.3. The van der Waals surface area contributed by atoms with Crippen molar-refractivity contribution in [3.63, 3.8) is 0 Å². The first-order chi connectivity index (χ1) is 8.63. The van der Waals surface area contributed by atoms with Crippen molar-refractivity contribution in [3.8, 4) is 0 Å². The van der Waals surface area contributed by atoms with Gasteiger partial charge < -0.3 is 4.74 Å². The number of esters is 1. The van der Waals surface area contributed by atoms with Gasteiger partial charge in [0.05, 0.1) is 18.8 Å². The largest absolute Gasteiger partial charge is 0.466 e. The second kappa shape index (κ2) is 5.14. The van der Waals surface area contributed by atoms with Crippen LogP contribution in [0.1, 0.15) is 6.92 Å². The number of methoxy groups -OCH3 is 1. The molecule has 18 heavy (non-hydrogen) atoms. The highest BCUT2D eigenvalue weighted by molar-refractivity contribution is 7.16. The Morgan fingerprint density at radius 3 is 3.11 bits per heavy atom. The van der Waals surface area contributed by atoms with E-state index < -0.39 is 5.97 Å². The third-order valence-corrected chi connectivity index (χ3v) is 3.37. The lowest BCUT2D eigenvalue weighted by molar-refractivity contribution is -0.136. The van der Waals surface area contributed by atoms with Crippen LogP contribution in [0.25, 0.3) is 10.2 Å². The molecule has 0 unspecified atom stereocenters. The molecule has 0 aliphatic carbocycles. The highest BCUT2D eigenvalue weighted by atomic mass is 32.1. The predicted octanol–water partition coefficient (Wildman–Crippen LogP) is 1.58. The summed E-state index contributed by atoms with van der Waals surface area (Å²) in [6, 6.07) is 1.75. The lowest BCUT2D eigenvalue weighted by Gasteiger charge is -2.02. The standard InChI is InChI=1S/C12H12N2O3S/c1-8(12(16)17-2)3-5-14-7-13-10-9(11(14)15)4-6-18-10/h3-4,6-7H,5H2,1-2H3. The fraction of sp³-hybridized carbons (Fsp3) is 0.250. The van der Waals surface area contributed by atoms with Crippen molar-refractivity contribution in [3.05, 3.63) is 39.8 Å². The predicted molar refractivity (Wildman–Crippen MR) is 69.7 cm³/mol. The number of fused-ring (bicyclic) bond motifs is 1. The van der Waals surface area contributed by atoms with Crippen LogP contribution in [0, 0.1) is 0 Å². The first-order valence-electron chi connectivity index (χ1n) is 5.31. The SMILES string of the molecule is COC(=O)C(C)=CCn1cnc2sccc2c1=O. The summed E-state index contributed by atoms with van der Waals surface area (Å²) in [6.07, 6.45) is 3.13. The van der Waals surface area contributed by atoms with Crippen molar-refractivity contribution in [2.24, 2.45) is 0 Å². The minimum absolute atomic E-state index is 0.102. The van der Waals surface area contributed by atoms with E-state index in [1.165, 1.54) is 29.3 Å². The van der Waals surface area contributed by atoms with E-state index in [1.807, 2.05) is 5.38 Å². The molecule has 0 aliphatic rings. The third-order valence-electron chi connectivity index (χ3n) is 2.55. The number of ether oxygens (including phenoxy) is 1. The average Bonchev–Trinajstić information content (AvgIpc) is 2.85. The monoisotopic (exact) mass is 264 g/mol. The molecule has 0 fully saturated rings. The number of carbonyl (C=O) groups is 1. The smallest absolute Gasteiger partial charge is 0.333 e. The topological polar surface area (TPSA) is 61.2 Å². The summed E-state index contributed by atoms with van der Waals surface area (Å²) >= 11 is 1.43. The summed E-state index contributed by atoms with van der Waals surface area (Å²) in [6.45, 7) is 1.95. The minimum Gasteiger partial charge on any atom is -0.466 e. The number of hydrogen-bond acceptors (Lipinski definition) is 5. The molecule has 0 bridgehead atoms. The molecule has 0 saturated heterocycles. The van der Waals surface area contributed by atoms with E-state index >= 15 is 0 Å². The highest BCUT2D eigenvalue weighted by Crippen LogP contribution is 2.13. The van der Waals surface area contributed by atoms with Gasteiger partial charge in [-0.2, -0.15) is 0 Å². The van der Waals surface area contributed by atoms with Crippen LogP contribution in [0.15, 0.2) is 34.2 Å². The zero-order chi connectivity index (χ0) is 13.1. The molecule has 2 aromatic rings. The van der Waals surface area contributed by atoms with E-state index in [2.05, 4.69) is 9.72 Å². The van der Waals surface area contributed by atoms with Crippen molar-refractivity contribution < 1.29 is 9.53 Å². The molecule has 2 rings (SSSR count). The van der Waals surface area contributed by atoms with E-state index in [0.29, 0.717) is 17.5 Å². The molecule has 6 heteroatoms. The van der Waals surface area contributed by atoms with Gasteiger partial charge in [-0.05, 0) is 18.4 Å². The fourth-order valence-electron chi connectivity index (χ4n) is 1.50. The third kappa shape index (κ3) is 2.33. The summed E-state index contributed by atoms with van der Waals surface area (Å²) in [5, 5.41) is 2.44. The first-order valence-corrected chi connectivity index (χ1v) is 6.19.